The van der Waals surface area contributed by atoms with E-state index < -0.39 is 5.60 Å². The van der Waals surface area contributed by atoms with Crippen LogP contribution in [0.1, 0.15) is 52.4 Å². The van der Waals surface area contributed by atoms with Crippen molar-refractivity contribution in [2.45, 2.75) is 64.0 Å². The standard InChI is InChI=1S/C19H35N3O2/c1-16-13-20(15-19(24)7-4-3-5-8-19)14-18(16)22-10-6-9-21(11-12-22)17(2)23/h16,18,24H,3-15H2,1-2H3/t16-,18+/m0/s1. The lowest BCUT2D eigenvalue weighted by atomic mass is 9.84. The van der Waals surface area contributed by atoms with Gasteiger partial charge in [-0.25, -0.2) is 0 Å². The Morgan fingerprint density at radius 3 is 2.50 bits per heavy atom. The van der Waals surface area contributed by atoms with E-state index in [1.807, 2.05) is 4.90 Å². The molecule has 3 rings (SSSR count). The maximum Gasteiger partial charge on any atom is 0.219 e. The van der Waals surface area contributed by atoms with Crippen LogP contribution in [0, 0.1) is 5.92 Å². The molecular formula is C19H35N3O2. The second kappa shape index (κ2) is 7.71. The predicted molar refractivity (Wildman–Crippen MR) is 95.9 cm³/mol. The van der Waals surface area contributed by atoms with E-state index in [1.54, 1.807) is 6.92 Å². The van der Waals surface area contributed by atoms with Gasteiger partial charge < -0.3 is 10.0 Å². The van der Waals surface area contributed by atoms with Crippen molar-refractivity contribution in [3.8, 4) is 0 Å². The van der Waals surface area contributed by atoms with Crippen molar-refractivity contribution in [1.82, 2.24) is 14.7 Å². The molecule has 0 spiro atoms. The molecule has 3 aliphatic rings. The number of β-amino-alcohol motifs (C(OH)–C–C–N with tert-alkyl or cyclic N) is 1. The van der Waals surface area contributed by atoms with E-state index in [4.69, 9.17) is 0 Å². The first-order chi connectivity index (χ1) is 11.5. The number of nitrogens with zero attached hydrogens (tertiary/aromatic N) is 3. The lowest BCUT2D eigenvalue weighted by Crippen LogP contribution is -2.46. The molecule has 1 N–H and O–H groups in total. The third kappa shape index (κ3) is 4.30. The highest BCUT2D eigenvalue weighted by molar-refractivity contribution is 5.73. The summed E-state index contributed by atoms with van der Waals surface area (Å²) < 4.78 is 0. The van der Waals surface area contributed by atoms with Crippen molar-refractivity contribution in [2.75, 3.05) is 45.8 Å². The molecule has 1 aliphatic carbocycles. The van der Waals surface area contributed by atoms with Gasteiger partial charge in [-0.15, -0.1) is 0 Å². The van der Waals surface area contributed by atoms with Gasteiger partial charge in [0, 0.05) is 58.8 Å². The van der Waals surface area contributed by atoms with Crippen LogP contribution in [0.2, 0.25) is 0 Å². The summed E-state index contributed by atoms with van der Waals surface area (Å²) in [6, 6.07) is 0.573. The monoisotopic (exact) mass is 337 g/mol. The Kier molecular flexibility index (Phi) is 5.83. The van der Waals surface area contributed by atoms with Gasteiger partial charge in [-0.05, 0) is 25.2 Å². The van der Waals surface area contributed by atoms with Gasteiger partial charge in [0.2, 0.25) is 5.91 Å². The second-order valence-electron chi connectivity index (χ2n) is 8.42. The summed E-state index contributed by atoms with van der Waals surface area (Å²) >= 11 is 0. The Hall–Kier alpha value is -0.650. The number of hydrogen-bond donors (Lipinski definition) is 1. The van der Waals surface area contributed by atoms with Crippen LogP contribution in [0.15, 0.2) is 0 Å². The Morgan fingerprint density at radius 1 is 1.04 bits per heavy atom. The molecule has 2 saturated heterocycles. The van der Waals surface area contributed by atoms with Gasteiger partial charge in [-0.2, -0.15) is 0 Å². The van der Waals surface area contributed by atoms with Gasteiger partial charge in [0.1, 0.15) is 0 Å². The molecule has 2 heterocycles. The zero-order valence-electron chi connectivity index (χ0n) is 15.5. The molecule has 5 nitrogen and oxygen atoms in total. The minimum absolute atomic E-state index is 0.206. The average molecular weight is 338 g/mol. The summed E-state index contributed by atoms with van der Waals surface area (Å²) in [7, 11) is 0. The van der Waals surface area contributed by atoms with Crippen LogP contribution in [0.3, 0.4) is 0 Å². The summed E-state index contributed by atoms with van der Waals surface area (Å²) in [6.07, 6.45) is 6.65. The van der Waals surface area contributed by atoms with Gasteiger partial charge in [0.15, 0.2) is 0 Å². The molecule has 0 bridgehead atoms. The highest BCUT2D eigenvalue weighted by Crippen LogP contribution is 2.31. The van der Waals surface area contributed by atoms with Gasteiger partial charge >= 0.3 is 0 Å². The zero-order chi connectivity index (χ0) is 17.2. The van der Waals surface area contributed by atoms with E-state index >= 15 is 0 Å². The van der Waals surface area contributed by atoms with Gasteiger partial charge in [0.25, 0.3) is 0 Å². The number of carbonyl (C=O) groups excluding carboxylic acids is 1. The first-order valence-corrected chi connectivity index (χ1v) is 9.91. The zero-order valence-corrected chi connectivity index (χ0v) is 15.5. The normalized spacial score (nSPS) is 32.7. The van der Waals surface area contributed by atoms with Gasteiger partial charge in [-0.1, -0.05) is 26.2 Å². The van der Waals surface area contributed by atoms with Crippen LogP contribution in [0.4, 0.5) is 0 Å². The van der Waals surface area contributed by atoms with E-state index in [0.717, 1.165) is 65.1 Å². The fourth-order valence-corrected chi connectivity index (χ4v) is 5.02. The molecule has 138 valence electrons. The Morgan fingerprint density at radius 2 is 1.79 bits per heavy atom. The summed E-state index contributed by atoms with van der Waals surface area (Å²) in [4.78, 5) is 18.7. The molecule has 1 saturated carbocycles. The van der Waals surface area contributed by atoms with Crippen molar-refractivity contribution in [3.05, 3.63) is 0 Å². The van der Waals surface area contributed by atoms with Crippen LogP contribution >= 0.6 is 0 Å². The number of aliphatic hydroxyl groups is 1. The highest BCUT2D eigenvalue weighted by Gasteiger charge is 2.39. The topological polar surface area (TPSA) is 47.0 Å². The summed E-state index contributed by atoms with van der Waals surface area (Å²) in [5.74, 6) is 0.846. The van der Waals surface area contributed by atoms with Gasteiger partial charge in [0.05, 0.1) is 5.60 Å². The van der Waals surface area contributed by atoms with Crippen molar-refractivity contribution < 1.29 is 9.90 Å². The molecule has 5 heteroatoms. The number of rotatable bonds is 3. The van der Waals surface area contributed by atoms with E-state index in [9.17, 15) is 9.90 Å². The van der Waals surface area contributed by atoms with E-state index in [2.05, 4.69) is 16.7 Å². The van der Waals surface area contributed by atoms with E-state index in [0.29, 0.717) is 12.0 Å². The smallest absolute Gasteiger partial charge is 0.219 e. The Bertz CT molecular complexity index is 436. The first-order valence-electron chi connectivity index (χ1n) is 9.91. The molecule has 0 radical (unpaired) electrons. The predicted octanol–water partition coefficient (Wildman–Crippen LogP) is 1.56. The molecule has 0 unspecified atom stereocenters. The number of carbonyl (C=O) groups is 1. The fourth-order valence-electron chi connectivity index (χ4n) is 5.02. The minimum Gasteiger partial charge on any atom is -0.389 e. The summed E-state index contributed by atoms with van der Waals surface area (Å²) in [6.45, 7) is 10.9. The average Bonchev–Trinajstić information content (AvgIpc) is 2.74. The maximum atomic E-state index is 11.6. The second-order valence-corrected chi connectivity index (χ2v) is 8.42. The lowest BCUT2D eigenvalue weighted by Gasteiger charge is -2.36. The first kappa shape index (κ1) is 18.2. The van der Waals surface area contributed by atoms with Crippen LogP contribution in [-0.2, 0) is 4.79 Å². The van der Waals surface area contributed by atoms with E-state index in [-0.39, 0.29) is 5.91 Å². The van der Waals surface area contributed by atoms with Crippen molar-refractivity contribution in [1.29, 1.82) is 0 Å². The van der Waals surface area contributed by atoms with Gasteiger partial charge in [-0.3, -0.25) is 14.6 Å². The molecule has 3 fully saturated rings. The summed E-state index contributed by atoms with van der Waals surface area (Å²) in [5, 5.41) is 10.9. The molecule has 24 heavy (non-hydrogen) atoms. The fraction of sp³-hybridized carbons (Fsp3) is 0.947. The van der Waals surface area contributed by atoms with Crippen LogP contribution in [0.25, 0.3) is 0 Å². The Balaban J connectivity index is 1.54. The largest absolute Gasteiger partial charge is 0.389 e. The Labute approximate surface area is 147 Å². The number of amides is 1. The van der Waals surface area contributed by atoms with Crippen LogP contribution in [0.5, 0.6) is 0 Å². The lowest BCUT2D eigenvalue weighted by molar-refractivity contribution is -0.128. The van der Waals surface area contributed by atoms with Crippen molar-refractivity contribution in [2.24, 2.45) is 5.92 Å². The molecule has 0 aromatic heterocycles. The number of likely N-dealkylation sites (tertiary alicyclic amines) is 1. The third-order valence-electron chi connectivity index (χ3n) is 6.40. The molecule has 0 aromatic carbocycles. The molecule has 2 atom stereocenters. The minimum atomic E-state index is -0.447. The molecule has 2 aliphatic heterocycles. The third-order valence-corrected chi connectivity index (χ3v) is 6.40. The highest BCUT2D eigenvalue weighted by atomic mass is 16.3. The van der Waals surface area contributed by atoms with Crippen LogP contribution < -0.4 is 0 Å². The molecule has 0 aromatic rings. The quantitative estimate of drug-likeness (QED) is 0.849. The van der Waals surface area contributed by atoms with Crippen molar-refractivity contribution >= 4 is 5.91 Å². The molecular weight excluding hydrogens is 302 g/mol. The SMILES string of the molecule is CC(=O)N1CCCN([C@@H]2CN(CC3(O)CCCCC3)C[C@@H]2C)CC1. The van der Waals surface area contributed by atoms with E-state index in [1.165, 1.54) is 19.3 Å². The number of hydrogen-bond acceptors (Lipinski definition) is 4. The van der Waals surface area contributed by atoms with Crippen molar-refractivity contribution in [3.63, 3.8) is 0 Å². The summed E-state index contributed by atoms with van der Waals surface area (Å²) in [5.41, 5.74) is -0.447. The maximum absolute atomic E-state index is 11.6. The molecule has 1 amide bonds. The van der Waals surface area contributed by atoms with Crippen LogP contribution in [-0.4, -0.2) is 83.2 Å².